The van der Waals surface area contributed by atoms with Crippen LogP contribution in [0.5, 0.6) is 11.5 Å². The fraction of sp³-hybridized carbons (Fsp3) is 0.295. The third-order valence-corrected chi connectivity index (χ3v) is 12.2. The lowest BCUT2D eigenvalue weighted by Crippen LogP contribution is -2.55. The highest BCUT2D eigenvalue weighted by atomic mass is 16.5. The molecule has 0 atom stereocenters. The number of amides is 3. The van der Waals surface area contributed by atoms with Gasteiger partial charge in [0.1, 0.15) is 17.2 Å². The summed E-state index contributed by atoms with van der Waals surface area (Å²) < 4.78 is 12.4. The zero-order chi connectivity index (χ0) is 38.4. The predicted molar refractivity (Wildman–Crippen MR) is 217 cm³/mol. The van der Waals surface area contributed by atoms with Crippen LogP contribution in [0.4, 0.5) is 0 Å². The summed E-state index contributed by atoms with van der Waals surface area (Å²) in [5, 5.41) is 3.84. The molecule has 4 aliphatic heterocycles. The molecule has 4 aromatic carbocycles. The number of nitrogens with two attached hydrogens (primary N) is 2. The van der Waals surface area contributed by atoms with Crippen molar-refractivity contribution in [2.24, 2.45) is 11.5 Å². The first kappa shape index (κ1) is 35.8. The van der Waals surface area contributed by atoms with E-state index in [0.29, 0.717) is 74.4 Å². The number of fused-ring (bicyclic) bond motifs is 4. The minimum atomic E-state index is -0.726. The third-order valence-electron chi connectivity index (χ3n) is 12.2. The molecule has 0 radical (unpaired) electrons. The van der Waals surface area contributed by atoms with Gasteiger partial charge in [0.2, 0.25) is 11.8 Å². The van der Waals surface area contributed by atoms with Gasteiger partial charge in [0.25, 0.3) is 5.91 Å². The normalized spacial score (nSPS) is 17.8. The maximum atomic E-state index is 13.7. The summed E-state index contributed by atoms with van der Waals surface area (Å²) in [4.78, 5) is 47.6. The quantitative estimate of drug-likeness (QED) is 0.140. The molecule has 56 heavy (non-hydrogen) atoms. The largest absolute Gasteiger partial charge is 0.537 e. The molecule has 3 amide bonds. The molecule has 0 aliphatic carbocycles. The minimum Gasteiger partial charge on any atom is -0.537 e. The van der Waals surface area contributed by atoms with Gasteiger partial charge in [-0.25, -0.2) is 0 Å². The van der Waals surface area contributed by atoms with Crippen LogP contribution >= 0.6 is 0 Å². The van der Waals surface area contributed by atoms with Crippen LogP contribution in [0.25, 0.3) is 17.0 Å². The van der Waals surface area contributed by atoms with E-state index in [1.165, 1.54) is 11.1 Å². The Hall–Kier alpha value is -5.85. The Labute approximate surface area is 326 Å². The molecule has 6 N–H and O–H groups in total. The predicted octanol–water partition coefficient (Wildman–Crippen LogP) is 4.59. The van der Waals surface area contributed by atoms with E-state index in [0.717, 1.165) is 58.9 Å². The van der Waals surface area contributed by atoms with Crippen LogP contribution in [0.15, 0.2) is 91.0 Å². The van der Waals surface area contributed by atoms with Gasteiger partial charge < -0.3 is 40.9 Å². The molecule has 284 valence electrons. The van der Waals surface area contributed by atoms with Gasteiger partial charge in [-0.15, -0.1) is 0 Å². The van der Waals surface area contributed by atoms with Crippen molar-refractivity contribution in [1.29, 1.82) is 0 Å². The maximum absolute atomic E-state index is 13.7. The number of benzene rings is 4. The molecule has 9 rings (SSSR count). The van der Waals surface area contributed by atoms with Crippen molar-refractivity contribution in [3.05, 3.63) is 130 Å². The number of likely N-dealkylation sites (tertiary alicyclic amines) is 2. The zero-order valence-electron chi connectivity index (χ0n) is 31.3. The lowest BCUT2D eigenvalue weighted by molar-refractivity contribution is -0.126. The number of hydrogen-bond acceptors (Lipinski definition) is 7. The molecule has 12 heteroatoms. The van der Waals surface area contributed by atoms with Gasteiger partial charge in [-0.1, -0.05) is 60.7 Å². The smallest absolute Gasteiger partial charge is 0.519 e. The Bertz CT molecular complexity index is 2370. The number of H-pyrrole nitrogens is 1. The van der Waals surface area contributed by atoms with E-state index in [1.807, 2.05) is 64.4 Å². The van der Waals surface area contributed by atoms with E-state index < -0.39 is 7.05 Å². The van der Waals surface area contributed by atoms with E-state index in [1.54, 1.807) is 18.2 Å². The monoisotopic (exact) mass is 748 g/mol. The molecule has 0 saturated carbocycles. The Balaban J connectivity index is 0.841. The summed E-state index contributed by atoms with van der Waals surface area (Å²) in [6.07, 6.45) is 6.67. The van der Waals surface area contributed by atoms with Crippen molar-refractivity contribution >= 4 is 47.2 Å². The SMILES string of the molecule is NCc1cccc(C2CCN(C(=O)/C=C/c3cccc4c3C(=O)NB(c3ccc5[nH]c(C(=O)N6CCC7(CC6)COc6ccc(CN)cc67)cc5c3)O4)CC2)c1. The number of carbonyl (C=O) groups excluding carboxylic acids is 3. The van der Waals surface area contributed by atoms with Gasteiger partial charge >= 0.3 is 7.05 Å². The Kier molecular flexibility index (Phi) is 9.39. The van der Waals surface area contributed by atoms with Gasteiger partial charge in [-0.05, 0) is 95.0 Å². The topological polar surface area (TPSA) is 156 Å². The third kappa shape index (κ3) is 6.62. The summed E-state index contributed by atoms with van der Waals surface area (Å²) >= 11 is 0. The molecule has 5 heterocycles. The molecule has 5 aromatic rings. The van der Waals surface area contributed by atoms with E-state index >= 15 is 0 Å². The first-order valence-corrected chi connectivity index (χ1v) is 19.6. The van der Waals surface area contributed by atoms with Crippen molar-refractivity contribution in [2.75, 3.05) is 32.8 Å². The van der Waals surface area contributed by atoms with Crippen LogP contribution in [0.3, 0.4) is 0 Å². The van der Waals surface area contributed by atoms with Crippen LogP contribution in [-0.4, -0.2) is 72.3 Å². The van der Waals surface area contributed by atoms with Crippen molar-refractivity contribution in [2.45, 2.75) is 50.1 Å². The summed E-state index contributed by atoms with van der Waals surface area (Å²) in [7, 11) is -0.726. The minimum absolute atomic E-state index is 0.0410. The van der Waals surface area contributed by atoms with Gasteiger partial charge in [0.15, 0.2) is 0 Å². The molecule has 1 spiro atoms. The van der Waals surface area contributed by atoms with Gasteiger partial charge in [0.05, 0.1) is 12.2 Å². The number of aromatic nitrogens is 1. The van der Waals surface area contributed by atoms with E-state index in [2.05, 4.69) is 34.5 Å². The Morgan fingerprint density at radius 3 is 2.45 bits per heavy atom. The molecule has 11 nitrogen and oxygen atoms in total. The average molecular weight is 749 g/mol. The van der Waals surface area contributed by atoms with Gasteiger partial charge in [-0.2, -0.15) is 0 Å². The van der Waals surface area contributed by atoms with Crippen molar-refractivity contribution in [3.63, 3.8) is 0 Å². The number of piperidine rings is 2. The number of carbonyl (C=O) groups is 3. The number of nitrogens with one attached hydrogen (secondary N) is 2. The second-order valence-corrected chi connectivity index (χ2v) is 15.5. The molecule has 1 aromatic heterocycles. The van der Waals surface area contributed by atoms with E-state index in [4.69, 9.17) is 20.9 Å². The lowest BCUT2D eigenvalue weighted by atomic mass is 9.71. The highest BCUT2D eigenvalue weighted by Crippen LogP contribution is 2.46. The standard InChI is InChI=1S/C44H45BN6O5/c46-25-28-3-1-5-32(21-28)30-13-17-50(18-14-30)40(52)12-8-31-4-2-6-39-41(31)42(53)49-45(56-39)34-9-10-36-33(23-34)24-37(48-36)43(54)51-19-15-44(16-20-51)27-55-38-11-7-29(26-47)22-35(38)44/h1-12,21-24,30,48H,13-20,25-27,46-47H2,(H,49,53)/b12-8+. The van der Waals surface area contributed by atoms with Crippen LogP contribution in [-0.2, 0) is 23.3 Å². The first-order valence-electron chi connectivity index (χ1n) is 19.6. The molecule has 2 saturated heterocycles. The fourth-order valence-electron chi connectivity index (χ4n) is 8.89. The van der Waals surface area contributed by atoms with Crippen LogP contribution in [0.1, 0.15) is 80.3 Å². The van der Waals surface area contributed by atoms with E-state index in [9.17, 15) is 14.4 Å². The highest BCUT2D eigenvalue weighted by molar-refractivity contribution is 6.69. The molecule has 4 aliphatic rings. The van der Waals surface area contributed by atoms with Crippen molar-refractivity contribution in [1.82, 2.24) is 20.0 Å². The number of rotatable bonds is 7. The second-order valence-electron chi connectivity index (χ2n) is 15.5. The summed E-state index contributed by atoms with van der Waals surface area (Å²) in [6.45, 7) is 4.22. The first-order chi connectivity index (χ1) is 27.3. The van der Waals surface area contributed by atoms with Gasteiger partial charge in [0, 0.05) is 61.8 Å². The van der Waals surface area contributed by atoms with Crippen LogP contribution in [0, 0.1) is 0 Å². The zero-order valence-corrected chi connectivity index (χ0v) is 31.3. The molecular weight excluding hydrogens is 703 g/mol. The number of hydrogen-bond donors (Lipinski definition) is 4. The second kappa shape index (κ2) is 14.7. The molecular formula is C44H45BN6O5. The lowest BCUT2D eigenvalue weighted by Gasteiger charge is -2.38. The Morgan fingerprint density at radius 1 is 0.857 bits per heavy atom. The highest BCUT2D eigenvalue weighted by Gasteiger charge is 2.44. The maximum Gasteiger partial charge on any atom is 0.519 e. The summed E-state index contributed by atoms with van der Waals surface area (Å²) in [5.41, 5.74) is 19.5. The van der Waals surface area contributed by atoms with Gasteiger partial charge in [-0.3, -0.25) is 14.4 Å². The fourth-order valence-corrected chi connectivity index (χ4v) is 8.89. The summed E-state index contributed by atoms with van der Waals surface area (Å²) in [5.74, 6) is 1.36. The Morgan fingerprint density at radius 2 is 1.64 bits per heavy atom. The van der Waals surface area contributed by atoms with Crippen LogP contribution in [0.2, 0.25) is 0 Å². The summed E-state index contributed by atoms with van der Waals surface area (Å²) in [6, 6.07) is 27.6. The number of ether oxygens (including phenoxy) is 1. The number of aromatic amines is 1. The molecule has 2 fully saturated rings. The van der Waals surface area contributed by atoms with Crippen molar-refractivity contribution < 1.29 is 23.8 Å². The van der Waals surface area contributed by atoms with Crippen LogP contribution < -0.4 is 31.5 Å². The number of nitrogens with zero attached hydrogens (tertiary/aromatic N) is 2. The average Bonchev–Trinajstić information content (AvgIpc) is 3.83. The molecule has 0 bridgehead atoms. The van der Waals surface area contributed by atoms with Crippen molar-refractivity contribution in [3.8, 4) is 11.5 Å². The van der Waals surface area contributed by atoms with E-state index in [-0.39, 0.29) is 23.1 Å². The molecule has 0 unspecified atom stereocenters.